The van der Waals surface area contributed by atoms with Crippen molar-refractivity contribution < 1.29 is 37.0 Å². The summed E-state index contributed by atoms with van der Waals surface area (Å²) in [7, 11) is 0. The molecule has 2 aromatic carbocycles. The van der Waals surface area contributed by atoms with Gasteiger partial charge in [-0.1, -0.05) is 42.5 Å². The molecule has 0 aromatic heterocycles. The second-order valence-corrected chi connectivity index (χ2v) is 10.1. The summed E-state index contributed by atoms with van der Waals surface area (Å²) in [5.74, 6) is -1.84. The Labute approximate surface area is 203 Å². The van der Waals surface area contributed by atoms with E-state index in [1.54, 1.807) is 34.6 Å². The highest BCUT2D eigenvalue weighted by molar-refractivity contribution is 5.96. The lowest BCUT2D eigenvalue weighted by atomic mass is 9.77. The minimum atomic E-state index is -4.49. The van der Waals surface area contributed by atoms with Gasteiger partial charge in [0.15, 0.2) is 5.78 Å². The lowest BCUT2D eigenvalue weighted by molar-refractivity contribution is -0.178. The fourth-order valence-electron chi connectivity index (χ4n) is 3.47. The second kappa shape index (κ2) is 11.1. The van der Waals surface area contributed by atoms with Gasteiger partial charge < -0.3 is 9.47 Å². The van der Waals surface area contributed by atoms with Gasteiger partial charge in [0.1, 0.15) is 0 Å². The molecule has 35 heavy (non-hydrogen) atoms. The van der Waals surface area contributed by atoms with Gasteiger partial charge in [-0.25, -0.2) is 0 Å². The minimum Gasteiger partial charge on any atom is -0.427 e. The Morgan fingerprint density at radius 1 is 0.800 bits per heavy atom. The van der Waals surface area contributed by atoms with E-state index >= 15 is 0 Å². The summed E-state index contributed by atoms with van der Waals surface area (Å²) < 4.78 is 48.7. The SMILES string of the molecule is CC(C)(C)C(=O)OCOC(=O)C(C)(C)CC(CC(=O)c1ccc(C(F)(F)F)cc1)c1ccccc1. The smallest absolute Gasteiger partial charge is 0.416 e. The van der Waals surface area contributed by atoms with Crippen LogP contribution in [0.15, 0.2) is 54.6 Å². The maximum atomic E-state index is 12.9. The van der Waals surface area contributed by atoms with Gasteiger partial charge >= 0.3 is 18.1 Å². The van der Waals surface area contributed by atoms with Crippen LogP contribution >= 0.6 is 0 Å². The van der Waals surface area contributed by atoms with Crippen molar-refractivity contribution in [2.45, 2.75) is 59.6 Å². The van der Waals surface area contributed by atoms with Crippen LogP contribution in [0, 0.1) is 10.8 Å². The summed E-state index contributed by atoms with van der Waals surface area (Å²) in [6.07, 6.45) is -4.26. The Hall–Kier alpha value is -3.16. The lowest BCUT2D eigenvalue weighted by Crippen LogP contribution is -2.31. The summed E-state index contributed by atoms with van der Waals surface area (Å²) in [6.45, 7) is 7.86. The van der Waals surface area contributed by atoms with Crippen LogP contribution in [0.25, 0.3) is 0 Å². The van der Waals surface area contributed by atoms with Crippen LogP contribution in [-0.2, 0) is 25.2 Å². The van der Waals surface area contributed by atoms with Gasteiger partial charge in [0.25, 0.3) is 0 Å². The zero-order valence-corrected chi connectivity index (χ0v) is 20.6. The quantitative estimate of drug-likeness (QED) is 0.225. The molecule has 0 aliphatic heterocycles. The molecular weight excluding hydrogens is 461 g/mol. The van der Waals surface area contributed by atoms with E-state index in [4.69, 9.17) is 9.47 Å². The molecule has 190 valence electrons. The number of carbonyl (C=O) groups excluding carboxylic acids is 3. The molecule has 0 heterocycles. The first-order chi connectivity index (χ1) is 16.1. The first-order valence-corrected chi connectivity index (χ1v) is 11.2. The molecule has 0 saturated carbocycles. The highest BCUT2D eigenvalue weighted by Crippen LogP contribution is 2.36. The van der Waals surface area contributed by atoms with Crippen molar-refractivity contribution in [2.24, 2.45) is 10.8 Å². The topological polar surface area (TPSA) is 69.7 Å². The fourth-order valence-corrected chi connectivity index (χ4v) is 3.47. The average molecular weight is 493 g/mol. The molecule has 0 aliphatic rings. The third-order valence-corrected chi connectivity index (χ3v) is 5.54. The van der Waals surface area contributed by atoms with Gasteiger partial charge in [-0.15, -0.1) is 0 Å². The average Bonchev–Trinajstić information content (AvgIpc) is 2.77. The zero-order valence-electron chi connectivity index (χ0n) is 20.6. The number of Topliss-reactive ketones (excluding diaryl/α,β-unsaturated/α-hetero) is 1. The number of rotatable bonds is 9. The highest BCUT2D eigenvalue weighted by atomic mass is 19.4. The number of carbonyl (C=O) groups is 3. The molecule has 0 fully saturated rings. The van der Waals surface area contributed by atoms with Crippen LogP contribution in [-0.4, -0.2) is 24.5 Å². The number of alkyl halides is 3. The van der Waals surface area contributed by atoms with E-state index in [0.29, 0.717) is 0 Å². The molecule has 8 heteroatoms. The summed E-state index contributed by atoms with van der Waals surface area (Å²) >= 11 is 0. The Morgan fingerprint density at radius 2 is 1.34 bits per heavy atom. The first-order valence-electron chi connectivity index (χ1n) is 11.2. The van der Waals surface area contributed by atoms with E-state index in [2.05, 4.69) is 0 Å². The monoisotopic (exact) mass is 492 g/mol. The minimum absolute atomic E-state index is 0.00883. The normalized spacial score (nSPS) is 13.1. The van der Waals surface area contributed by atoms with Gasteiger partial charge in [-0.05, 0) is 64.7 Å². The van der Waals surface area contributed by atoms with Crippen LogP contribution in [0.4, 0.5) is 13.2 Å². The first kappa shape index (κ1) is 28.1. The molecule has 0 amide bonds. The van der Waals surface area contributed by atoms with Gasteiger partial charge in [0.05, 0.1) is 16.4 Å². The third-order valence-electron chi connectivity index (χ3n) is 5.54. The van der Waals surface area contributed by atoms with Gasteiger partial charge in [0, 0.05) is 12.0 Å². The van der Waals surface area contributed by atoms with Crippen molar-refractivity contribution in [3.05, 3.63) is 71.3 Å². The molecule has 2 aromatic rings. The molecule has 1 atom stereocenters. The maximum absolute atomic E-state index is 12.9. The molecule has 1 unspecified atom stereocenters. The fraction of sp³-hybridized carbons (Fsp3) is 0.444. The Bertz CT molecular complexity index is 1020. The third kappa shape index (κ3) is 8.23. The van der Waals surface area contributed by atoms with Crippen molar-refractivity contribution in [3.8, 4) is 0 Å². The number of hydrogen-bond acceptors (Lipinski definition) is 5. The van der Waals surface area contributed by atoms with Crippen LogP contribution in [0.3, 0.4) is 0 Å². The summed E-state index contributed by atoms with van der Waals surface area (Å²) in [5, 5.41) is 0. The summed E-state index contributed by atoms with van der Waals surface area (Å²) in [5.41, 5.74) is -1.63. The number of hydrogen-bond donors (Lipinski definition) is 0. The van der Waals surface area contributed by atoms with E-state index in [-0.39, 0.29) is 24.2 Å². The number of esters is 2. The van der Waals surface area contributed by atoms with Gasteiger partial charge in [-0.2, -0.15) is 13.2 Å². The van der Waals surface area contributed by atoms with E-state index in [9.17, 15) is 27.6 Å². The largest absolute Gasteiger partial charge is 0.427 e. The molecule has 0 bridgehead atoms. The maximum Gasteiger partial charge on any atom is 0.416 e. The molecule has 0 N–H and O–H groups in total. The number of ketones is 1. The van der Waals surface area contributed by atoms with Crippen molar-refractivity contribution in [2.75, 3.05) is 6.79 Å². The zero-order chi connectivity index (χ0) is 26.4. The standard InChI is InChI=1S/C27H31F3O5/c1-25(2,3)23(32)34-17-35-24(33)26(4,5)16-20(18-9-7-6-8-10-18)15-22(31)19-11-13-21(14-12-19)27(28,29)30/h6-14,20H,15-17H2,1-5H3. The van der Waals surface area contributed by atoms with Crippen LogP contribution in [0.2, 0.25) is 0 Å². The number of benzene rings is 2. The molecule has 2 rings (SSSR count). The molecule has 0 saturated heterocycles. The van der Waals surface area contributed by atoms with Crippen molar-refractivity contribution >= 4 is 17.7 Å². The predicted octanol–water partition coefficient (Wildman–Crippen LogP) is 6.57. The molecular formula is C27H31F3O5. The Kier molecular flexibility index (Phi) is 8.87. The summed E-state index contributed by atoms with van der Waals surface area (Å²) in [4.78, 5) is 37.6. The van der Waals surface area contributed by atoms with Crippen LogP contribution in [0.1, 0.15) is 74.9 Å². The van der Waals surface area contributed by atoms with Gasteiger partial charge in [0.2, 0.25) is 6.79 Å². The van der Waals surface area contributed by atoms with Crippen LogP contribution < -0.4 is 0 Å². The lowest BCUT2D eigenvalue weighted by Gasteiger charge is -2.28. The number of ether oxygens (including phenoxy) is 2. The van der Waals surface area contributed by atoms with E-state index in [1.807, 2.05) is 30.3 Å². The Morgan fingerprint density at radius 3 is 1.86 bits per heavy atom. The van der Waals surface area contributed by atoms with Crippen molar-refractivity contribution in [3.63, 3.8) is 0 Å². The second-order valence-electron chi connectivity index (χ2n) is 10.1. The molecule has 0 radical (unpaired) electrons. The Balaban J connectivity index is 2.14. The van der Waals surface area contributed by atoms with Gasteiger partial charge in [-0.3, -0.25) is 14.4 Å². The van der Waals surface area contributed by atoms with Crippen molar-refractivity contribution in [1.29, 1.82) is 0 Å². The predicted molar refractivity (Wildman–Crippen MR) is 124 cm³/mol. The number of halogens is 3. The summed E-state index contributed by atoms with van der Waals surface area (Å²) in [6, 6.07) is 13.2. The highest BCUT2D eigenvalue weighted by Gasteiger charge is 2.35. The van der Waals surface area contributed by atoms with E-state index < -0.39 is 47.2 Å². The van der Waals surface area contributed by atoms with E-state index in [1.165, 1.54) is 0 Å². The molecule has 5 nitrogen and oxygen atoms in total. The molecule has 0 aliphatic carbocycles. The van der Waals surface area contributed by atoms with Crippen LogP contribution in [0.5, 0.6) is 0 Å². The molecule has 0 spiro atoms. The van der Waals surface area contributed by atoms with E-state index in [0.717, 1.165) is 29.8 Å². The van der Waals surface area contributed by atoms with Crippen molar-refractivity contribution in [1.82, 2.24) is 0 Å².